The maximum Gasteiger partial charge on any atom is 0.164 e. The number of furan rings is 1. The van der Waals surface area contributed by atoms with Gasteiger partial charge in [-0.05, 0) is 46.2 Å². The van der Waals surface area contributed by atoms with Gasteiger partial charge in [0, 0.05) is 39.1 Å². The predicted molar refractivity (Wildman–Crippen MR) is 205 cm³/mol. The molecule has 0 aliphatic rings. The number of aromatic nitrogens is 4. The van der Waals surface area contributed by atoms with Gasteiger partial charge in [0.15, 0.2) is 17.5 Å². The maximum atomic E-state index is 6.49. The van der Waals surface area contributed by atoms with E-state index in [-0.39, 0.29) is 0 Å². The minimum absolute atomic E-state index is 0.587. The summed E-state index contributed by atoms with van der Waals surface area (Å²) in [6, 6.07) is 54.0. The quantitative estimate of drug-likeness (QED) is 0.184. The zero-order valence-electron chi connectivity index (χ0n) is 26.6. The fourth-order valence-electron chi connectivity index (χ4n) is 6.75. The molecule has 3 heterocycles. The molecule has 0 bridgehead atoms. The van der Waals surface area contributed by atoms with Crippen molar-refractivity contribution in [2.75, 3.05) is 0 Å². The van der Waals surface area contributed by atoms with Gasteiger partial charge < -0.3 is 4.42 Å². The van der Waals surface area contributed by atoms with Crippen LogP contribution in [0.3, 0.4) is 0 Å². The van der Waals surface area contributed by atoms with Gasteiger partial charge in [-0.1, -0.05) is 127 Å². The largest absolute Gasteiger partial charge is 0.456 e. The summed E-state index contributed by atoms with van der Waals surface area (Å²) in [6.07, 6.45) is 0. The Kier molecular flexibility index (Phi) is 6.60. The number of hydrogen-bond acceptors (Lipinski definition) is 6. The Morgan fingerprint density at radius 3 is 1.74 bits per heavy atom. The Hall–Kier alpha value is -6.50. The molecule has 5 nitrogen and oxygen atoms in total. The highest BCUT2D eigenvalue weighted by atomic mass is 32.1. The highest BCUT2D eigenvalue weighted by Gasteiger charge is 2.21. The molecule has 0 saturated carbocycles. The van der Waals surface area contributed by atoms with Crippen molar-refractivity contribution >= 4 is 54.3 Å². The van der Waals surface area contributed by atoms with Crippen LogP contribution in [0.15, 0.2) is 162 Å². The van der Waals surface area contributed by atoms with Crippen LogP contribution in [-0.4, -0.2) is 19.9 Å². The van der Waals surface area contributed by atoms with Crippen LogP contribution in [0.25, 0.3) is 98.8 Å². The molecule has 6 heteroatoms. The summed E-state index contributed by atoms with van der Waals surface area (Å²) in [4.78, 5) is 20.5. The molecule has 10 rings (SSSR count). The highest BCUT2D eigenvalue weighted by molar-refractivity contribution is 7.21. The van der Waals surface area contributed by atoms with Gasteiger partial charge in [-0.2, -0.15) is 0 Å². The number of nitrogens with zero attached hydrogens (tertiary/aromatic N) is 4. The molecule has 0 N–H and O–H groups in total. The minimum atomic E-state index is 0.587. The summed E-state index contributed by atoms with van der Waals surface area (Å²) in [5.41, 5.74) is 8.49. The molecule has 0 amide bonds. The Morgan fingerprint density at radius 2 is 1.02 bits per heavy atom. The van der Waals surface area contributed by atoms with Gasteiger partial charge in [0.1, 0.15) is 16.2 Å². The van der Waals surface area contributed by atoms with Gasteiger partial charge in [0.25, 0.3) is 0 Å². The van der Waals surface area contributed by atoms with E-state index in [0.29, 0.717) is 17.5 Å². The van der Waals surface area contributed by atoms with Crippen molar-refractivity contribution in [3.05, 3.63) is 158 Å². The van der Waals surface area contributed by atoms with Gasteiger partial charge in [-0.3, -0.25) is 0 Å². The molecule has 0 unspecified atom stereocenters. The first-order valence-corrected chi connectivity index (χ1v) is 17.3. The maximum absolute atomic E-state index is 6.49. The van der Waals surface area contributed by atoms with Crippen LogP contribution in [0.2, 0.25) is 0 Å². The fourth-order valence-corrected chi connectivity index (χ4v) is 7.74. The molecular formula is C44H26N4OS. The molecular weight excluding hydrogens is 633 g/mol. The molecule has 0 aliphatic carbocycles. The number of benzene rings is 7. The summed E-state index contributed by atoms with van der Waals surface area (Å²) in [6.45, 7) is 0. The van der Waals surface area contributed by atoms with Gasteiger partial charge >= 0.3 is 0 Å². The van der Waals surface area contributed by atoms with E-state index in [2.05, 4.69) is 84.9 Å². The Bertz CT molecular complexity index is 2860. The summed E-state index contributed by atoms with van der Waals surface area (Å²) in [5, 5.41) is 5.24. The lowest BCUT2D eigenvalue weighted by molar-refractivity contribution is 0.669. The van der Waals surface area contributed by atoms with E-state index in [0.717, 1.165) is 81.3 Å². The van der Waals surface area contributed by atoms with Crippen LogP contribution in [0.4, 0.5) is 0 Å². The first-order valence-electron chi connectivity index (χ1n) is 16.5. The van der Waals surface area contributed by atoms with E-state index in [1.807, 2.05) is 72.8 Å². The third-order valence-electron chi connectivity index (χ3n) is 9.15. The Morgan fingerprint density at radius 1 is 0.420 bits per heavy atom. The second-order valence-electron chi connectivity index (χ2n) is 12.3. The van der Waals surface area contributed by atoms with Crippen LogP contribution in [-0.2, 0) is 0 Å². The predicted octanol–water partition coefficient (Wildman–Crippen LogP) is 11.9. The molecule has 0 saturated heterocycles. The topological polar surface area (TPSA) is 64.7 Å². The molecule has 0 aliphatic heterocycles. The van der Waals surface area contributed by atoms with Gasteiger partial charge in [-0.25, -0.2) is 19.9 Å². The first-order chi connectivity index (χ1) is 24.7. The smallest absolute Gasteiger partial charge is 0.164 e. The van der Waals surface area contributed by atoms with Crippen LogP contribution in [0, 0.1) is 0 Å². The lowest BCUT2D eigenvalue weighted by Gasteiger charge is -2.14. The number of rotatable bonds is 5. The van der Waals surface area contributed by atoms with E-state index in [1.54, 1.807) is 11.3 Å². The summed E-state index contributed by atoms with van der Waals surface area (Å²) in [5.74, 6) is 1.81. The molecule has 10 aromatic rings. The minimum Gasteiger partial charge on any atom is -0.456 e. The third-order valence-corrected chi connectivity index (χ3v) is 10.2. The fraction of sp³-hybridized carbons (Fsp3) is 0. The first kappa shape index (κ1) is 28.5. The van der Waals surface area contributed by atoms with Crippen molar-refractivity contribution in [1.29, 1.82) is 0 Å². The zero-order chi connectivity index (χ0) is 33.0. The molecule has 0 spiro atoms. The van der Waals surface area contributed by atoms with Gasteiger partial charge in [0.2, 0.25) is 0 Å². The Balaban J connectivity index is 1.22. The molecule has 50 heavy (non-hydrogen) atoms. The monoisotopic (exact) mass is 658 g/mol. The second-order valence-corrected chi connectivity index (χ2v) is 13.3. The van der Waals surface area contributed by atoms with Gasteiger partial charge in [0.05, 0.1) is 10.2 Å². The second kappa shape index (κ2) is 11.6. The van der Waals surface area contributed by atoms with Gasteiger partial charge in [-0.15, -0.1) is 11.3 Å². The SMILES string of the molecule is c1ccc(-c2nc(-c3cc4ccccc4cc3-c3ccccc3)nc(-c3cccc4oc5cc6nc(-c7ccccc7)sc6cc5c34)n2)cc1. The van der Waals surface area contributed by atoms with Crippen molar-refractivity contribution in [3.63, 3.8) is 0 Å². The Labute approximate surface area is 291 Å². The van der Waals surface area contributed by atoms with Crippen LogP contribution in [0.1, 0.15) is 0 Å². The van der Waals surface area contributed by atoms with E-state index < -0.39 is 0 Å². The average Bonchev–Trinajstić information content (AvgIpc) is 3.78. The standard InChI is InChI=1S/C44H26N4OS/c1-4-13-27(14-5-1)33-23-30-19-10-11-20-31(30)24-34(33)43-47-41(28-15-6-2-7-16-28)46-42(48-43)32-21-12-22-37-40(32)35-25-39-36(26-38(35)49-37)45-44(50-39)29-17-8-3-9-18-29/h1-26H. The summed E-state index contributed by atoms with van der Waals surface area (Å²) in [7, 11) is 0. The molecule has 3 aromatic heterocycles. The van der Waals surface area contributed by atoms with E-state index >= 15 is 0 Å². The molecule has 0 fully saturated rings. The van der Waals surface area contributed by atoms with Crippen LogP contribution < -0.4 is 0 Å². The molecule has 7 aromatic carbocycles. The lowest BCUT2D eigenvalue weighted by Crippen LogP contribution is -2.01. The molecule has 0 radical (unpaired) electrons. The number of fused-ring (bicyclic) bond motifs is 5. The summed E-state index contributed by atoms with van der Waals surface area (Å²) < 4.78 is 7.58. The number of hydrogen-bond donors (Lipinski definition) is 0. The van der Waals surface area contributed by atoms with Crippen molar-refractivity contribution in [3.8, 4) is 55.9 Å². The van der Waals surface area contributed by atoms with E-state index in [1.165, 1.54) is 0 Å². The van der Waals surface area contributed by atoms with Crippen molar-refractivity contribution in [2.24, 2.45) is 0 Å². The third kappa shape index (κ3) is 4.85. The zero-order valence-corrected chi connectivity index (χ0v) is 27.4. The number of thiazole rings is 1. The average molecular weight is 659 g/mol. The molecule has 234 valence electrons. The van der Waals surface area contributed by atoms with Crippen molar-refractivity contribution in [2.45, 2.75) is 0 Å². The van der Waals surface area contributed by atoms with Crippen LogP contribution >= 0.6 is 11.3 Å². The lowest BCUT2D eigenvalue weighted by atomic mass is 9.95. The van der Waals surface area contributed by atoms with Crippen molar-refractivity contribution < 1.29 is 4.42 Å². The van der Waals surface area contributed by atoms with Crippen LogP contribution in [0.5, 0.6) is 0 Å². The highest BCUT2D eigenvalue weighted by Crippen LogP contribution is 2.41. The van der Waals surface area contributed by atoms with E-state index in [9.17, 15) is 0 Å². The normalized spacial score (nSPS) is 11.6. The molecule has 0 atom stereocenters. The summed E-state index contributed by atoms with van der Waals surface area (Å²) >= 11 is 1.68. The van der Waals surface area contributed by atoms with Crippen molar-refractivity contribution in [1.82, 2.24) is 19.9 Å². The van der Waals surface area contributed by atoms with E-state index in [4.69, 9.17) is 24.4 Å².